The number of hydrogen-bond donors (Lipinski definition) is 1. The minimum atomic E-state index is -0.407. The molecule has 0 atom stereocenters. The van der Waals surface area contributed by atoms with E-state index in [0.717, 1.165) is 0 Å². The number of nitrogens with one attached hydrogen (secondary N) is 1. The second kappa shape index (κ2) is 14.9. The SMILES string of the molecule is [CH2-]CC(=O)N[C-]=O.[CH2-]c1[c-]nccn1.[W].[Y]. The van der Waals surface area contributed by atoms with Crippen LogP contribution in [0.3, 0.4) is 0 Å². The molecule has 0 saturated heterocycles. The van der Waals surface area contributed by atoms with Crippen LogP contribution in [-0.4, -0.2) is 22.3 Å². The molecule has 1 heterocycles. The summed E-state index contributed by atoms with van der Waals surface area (Å²) in [7, 11) is 0. The third-order valence-corrected chi connectivity index (χ3v) is 0.983. The predicted octanol–water partition coefficient (Wildman–Crippen LogP) is -0.152. The molecule has 0 aromatic carbocycles. The molecule has 1 N–H and O–H groups in total. The van der Waals surface area contributed by atoms with Gasteiger partial charge in [-0.15, -0.1) is 0 Å². The van der Waals surface area contributed by atoms with Crippen LogP contribution in [0.25, 0.3) is 0 Å². The van der Waals surface area contributed by atoms with E-state index in [4.69, 9.17) is 0 Å². The smallest absolute Gasteiger partial charge is 0.0713 e. The van der Waals surface area contributed by atoms with E-state index in [1.54, 1.807) is 17.7 Å². The summed E-state index contributed by atoms with van der Waals surface area (Å²) in [5, 5.41) is 1.79. The van der Waals surface area contributed by atoms with Gasteiger partial charge in [-0.3, -0.25) is 5.69 Å². The van der Waals surface area contributed by atoms with E-state index in [0.29, 0.717) is 5.69 Å². The molecule has 85 valence electrons. The van der Waals surface area contributed by atoms with Gasteiger partial charge < -0.3 is 44.9 Å². The predicted molar refractivity (Wildman–Crippen MR) is 49.1 cm³/mol. The van der Waals surface area contributed by atoms with Gasteiger partial charge in [0.1, 0.15) is 0 Å². The summed E-state index contributed by atoms with van der Waals surface area (Å²) in [4.78, 5) is 26.6. The molecule has 1 aromatic heterocycles. The van der Waals surface area contributed by atoms with Gasteiger partial charge in [-0.05, 0) is 0 Å². The summed E-state index contributed by atoms with van der Waals surface area (Å²) in [5.41, 5.74) is 0.586. The Morgan fingerprint density at radius 3 is 2.38 bits per heavy atom. The molecule has 1 rings (SSSR count). The summed E-state index contributed by atoms with van der Waals surface area (Å²) >= 11 is 0. The van der Waals surface area contributed by atoms with Crippen molar-refractivity contribution in [3.63, 3.8) is 0 Å². The maximum absolute atomic E-state index is 9.98. The van der Waals surface area contributed by atoms with Crippen LogP contribution < -0.4 is 5.32 Å². The first-order valence-corrected chi connectivity index (χ1v) is 3.66. The first kappa shape index (κ1) is 21.2. The Morgan fingerprint density at radius 2 is 2.19 bits per heavy atom. The Morgan fingerprint density at radius 1 is 1.56 bits per heavy atom. The number of imide groups is 1. The minimum absolute atomic E-state index is 0. The normalized spacial score (nSPS) is 7.06. The van der Waals surface area contributed by atoms with Gasteiger partial charge in [0.15, 0.2) is 0 Å². The Hall–Kier alpha value is -0.118. The monoisotopic (exact) mass is 464 g/mol. The number of carbonyl (C=O) groups excluding carboxylic acids is 2. The second-order valence-electron chi connectivity index (χ2n) is 2.02. The number of nitrogens with zero attached hydrogens (tertiary/aromatic N) is 2. The van der Waals surface area contributed by atoms with Crippen molar-refractivity contribution < 1.29 is 63.4 Å². The van der Waals surface area contributed by atoms with E-state index in [2.05, 4.69) is 30.0 Å². The Kier molecular flexibility index (Phi) is 19.7. The first-order chi connectivity index (χ1) is 6.70. The standard InChI is InChI=1S/C5H4N2.C4H5NO2.W.Y/c1-5-4-6-2-3-7-5;1-2-4(7)5-3-6;;/h2-3H,1H2;1-2H2,(H,5,6,7);;/q2*-2;;. The molecule has 5 nitrogen and oxygen atoms in total. The fourth-order valence-electron chi connectivity index (χ4n) is 0.417. The third kappa shape index (κ3) is 13.9. The van der Waals surface area contributed by atoms with Crippen LogP contribution in [0.2, 0.25) is 0 Å². The topological polar surface area (TPSA) is 72.0 Å². The zero-order chi connectivity index (χ0) is 10.8. The average molecular weight is 464 g/mol. The molecule has 0 saturated carbocycles. The van der Waals surface area contributed by atoms with Crippen LogP contribution in [0.4, 0.5) is 0 Å². The molecule has 0 fully saturated rings. The number of amides is 2. The second-order valence-corrected chi connectivity index (χ2v) is 2.02. The molecule has 0 aliphatic rings. The van der Waals surface area contributed by atoms with E-state index in [1.807, 2.05) is 0 Å². The summed E-state index contributed by atoms with van der Waals surface area (Å²) in [6.07, 6.45) is 7.01. The van der Waals surface area contributed by atoms with Crippen molar-refractivity contribution in [2.24, 2.45) is 0 Å². The van der Waals surface area contributed by atoms with Gasteiger partial charge in [0.25, 0.3) is 0 Å². The summed E-state index contributed by atoms with van der Waals surface area (Å²) < 4.78 is 0. The Bertz CT molecular complexity index is 285. The molecular weight excluding hydrogens is 455 g/mol. The van der Waals surface area contributed by atoms with E-state index in [9.17, 15) is 9.59 Å². The van der Waals surface area contributed by atoms with Gasteiger partial charge in [0.2, 0.25) is 0 Å². The summed E-state index contributed by atoms with van der Waals surface area (Å²) in [6.45, 7) is 6.70. The molecule has 0 bridgehead atoms. The van der Waals surface area contributed by atoms with Crippen molar-refractivity contribution in [3.05, 3.63) is 38.1 Å². The van der Waals surface area contributed by atoms with Crippen LogP contribution in [0, 0.1) is 20.0 Å². The van der Waals surface area contributed by atoms with Gasteiger partial charge in [-0.25, -0.2) is 0 Å². The summed E-state index contributed by atoms with van der Waals surface area (Å²) in [6, 6.07) is 0. The summed E-state index contributed by atoms with van der Waals surface area (Å²) in [5.74, 6) is -0.407. The quantitative estimate of drug-likeness (QED) is 0.489. The van der Waals surface area contributed by atoms with E-state index < -0.39 is 5.91 Å². The molecule has 1 radical (unpaired) electrons. The Balaban J connectivity index is -0.000000188. The number of carbonyl (C=O) groups is 1. The minimum Gasteiger partial charge on any atom is -0.472 e. The molecule has 0 unspecified atom stereocenters. The zero-order valence-electron chi connectivity index (χ0n) is 8.47. The molecular formula is C9H9N3O2WY-4. The average Bonchev–Trinajstić information content (AvgIpc) is 2.20. The molecule has 2 amide bonds. The molecule has 7 heteroatoms. The van der Waals surface area contributed by atoms with Crippen LogP contribution in [0.1, 0.15) is 12.1 Å². The van der Waals surface area contributed by atoms with Crippen LogP contribution in [-0.2, 0) is 63.4 Å². The number of hydrogen-bond acceptors (Lipinski definition) is 4. The molecule has 16 heavy (non-hydrogen) atoms. The van der Waals surface area contributed by atoms with Crippen LogP contribution >= 0.6 is 0 Å². The first-order valence-electron chi connectivity index (χ1n) is 3.66. The molecule has 0 aliphatic carbocycles. The maximum atomic E-state index is 9.98. The van der Waals surface area contributed by atoms with Crippen LogP contribution in [0.15, 0.2) is 12.4 Å². The van der Waals surface area contributed by atoms with Crippen molar-refractivity contribution in [1.29, 1.82) is 0 Å². The van der Waals surface area contributed by atoms with Gasteiger partial charge in [0.05, 0.1) is 6.41 Å². The van der Waals surface area contributed by atoms with Gasteiger partial charge >= 0.3 is 0 Å². The van der Waals surface area contributed by atoms with E-state index >= 15 is 0 Å². The third-order valence-electron chi connectivity index (χ3n) is 0.983. The fraction of sp³-hybridized carbons (Fsp3) is 0.111. The van der Waals surface area contributed by atoms with Gasteiger partial charge in [0, 0.05) is 72.1 Å². The van der Waals surface area contributed by atoms with Crippen molar-refractivity contribution in [3.8, 4) is 0 Å². The van der Waals surface area contributed by atoms with Crippen molar-refractivity contribution in [1.82, 2.24) is 15.3 Å². The van der Waals surface area contributed by atoms with Crippen molar-refractivity contribution >= 4 is 12.3 Å². The van der Waals surface area contributed by atoms with Gasteiger partial charge in [-0.2, -0.15) is 6.42 Å². The maximum Gasteiger partial charge on any atom is 0.0713 e. The van der Waals surface area contributed by atoms with Crippen LogP contribution in [0.5, 0.6) is 0 Å². The molecule has 0 aliphatic heterocycles. The molecule has 1 aromatic rings. The molecule has 0 spiro atoms. The number of aromatic nitrogens is 2. The van der Waals surface area contributed by atoms with E-state index in [1.165, 1.54) is 6.41 Å². The Labute approximate surface area is 134 Å². The van der Waals surface area contributed by atoms with Crippen molar-refractivity contribution in [2.45, 2.75) is 6.42 Å². The van der Waals surface area contributed by atoms with E-state index in [-0.39, 0.29) is 60.2 Å². The number of rotatable bonds is 2. The fourth-order valence-corrected chi connectivity index (χ4v) is 0.417. The zero-order valence-corrected chi connectivity index (χ0v) is 14.2. The largest absolute Gasteiger partial charge is 0.472 e. The van der Waals surface area contributed by atoms with Crippen molar-refractivity contribution in [2.75, 3.05) is 0 Å². The van der Waals surface area contributed by atoms with Gasteiger partial charge in [-0.1, -0.05) is 0 Å².